The van der Waals surface area contributed by atoms with Gasteiger partial charge in [-0.3, -0.25) is 24.6 Å². The van der Waals surface area contributed by atoms with E-state index in [4.69, 9.17) is 0 Å². The van der Waals surface area contributed by atoms with Crippen LogP contribution in [0.1, 0.15) is 22.7 Å². The van der Waals surface area contributed by atoms with E-state index in [1.807, 2.05) is 25.1 Å². The molecule has 1 aromatic heterocycles. The monoisotopic (exact) mass is 471 g/mol. The van der Waals surface area contributed by atoms with Crippen LogP contribution in [0.4, 0.5) is 10.8 Å². The number of amides is 1. The minimum Gasteiger partial charge on any atom is -0.507 e. The molecule has 1 amide bonds. The summed E-state index contributed by atoms with van der Waals surface area (Å²) in [5.41, 5.74) is 2.31. The molecule has 1 N–H and O–H groups in total. The Morgan fingerprint density at radius 1 is 1.06 bits per heavy atom. The van der Waals surface area contributed by atoms with E-state index >= 15 is 0 Å². The quantitative estimate of drug-likeness (QED) is 0.145. The van der Waals surface area contributed by atoms with Crippen molar-refractivity contribution in [1.82, 2.24) is 4.98 Å². The van der Waals surface area contributed by atoms with Crippen molar-refractivity contribution < 1.29 is 19.6 Å². The van der Waals surface area contributed by atoms with Crippen LogP contribution in [-0.4, -0.2) is 26.7 Å². The number of aryl methyl sites for hydroxylation is 1. The number of benzene rings is 3. The second kappa shape index (κ2) is 8.20. The predicted molar refractivity (Wildman–Crippen MR) is 129 cm³/mol. The molecule has 1 saturated heterocycles. The SMILES string of the molecule is Cc1ccc2nc(N3C(=O)C(=O)/C(=C(/O)c4ccccc4)[C@@H]3c3ccc([N+](=O)[O-])cc3)sc2c1. The number of Topliss-reactive ketones (excluding diaryl/α,β-unsaturated/α-hetero) is 1. The van der Waals surface area contributed by atoms with E-state index in [9.17, 15) is 24.8 Å². The van der Waals surface area contributed by atoms with Crippen molar-refractivity contribution in [3.8, 4) is 0 Å². The average molecular weight is 471 g/mol. The van der Waals surface area contributed by atoms with Crippen LogP contribution in [0, 0.1) is 17.0 Å². The van der Waals surface area contributed by atoms with Crippen molar-refractivity contribution in [2.24, 2.45) is 0 Å². The number of thiazole rings is 1. The van der Waals surface area contributed by atoms with Gasteiger partial charge in [-0.05, 0) is 42.3 Å². The van der Waals surface area contributed by atoms with Crippen molar-refractivity contribution in [3.63, 3.8) is 0 Å². The summed E-state index contributed by atoms with van der Waals surface area (Å²) in [4.78, 5) is 42.9. The Kier molecular flexibility index (Phi) is 5.18. The zero-order valence-corrected chi connectivity index (χ0v) is 18.7. The highest BCUT2D eigenvalue weighted by Gasteiger charge is 2.48. The number of fused-ring (bicyclic) bond motifs is 1. The van der Waals surface area contributed by atoms with Crippen molar-refractivity contribution in [3.05, 3.63) is 105 Å². The van der Waals surface area contributed by atoms with Gasteiger partial charge in [0.2, 0.25) is 0 Å². The molecule has 9 heteroatoms. The standard InChI is InChI=1S/C25H17N3O5S/c1-14-7-12-18-19(13-14)34-25(26-18)27-21(15-8-10-17(11-9-15)28(32)33)20(23(30)24(27)31)22(29)16-5-3-2-4-6-16/h2-13,21,29H,1H3/b22-20+/t21-/m0/s1. The minimum absolute atomic E-state index is 0.0968. The molecule has 1 aliphatic rings. The summed E-state index contributed by atoms with van der Waals surface area (Å²) in [6.07, 6.45) is 0. The van der Waals surface area contributed by atoms with Crippen LogP contribution in [0.3, 0.4) is 0 Å². The van der Waals surface area contributed by atoms with Gasteiger partial charge in [0.05, 0.1) is 26.8 Å². The number of non-ortho nitro benzene ring substituents is 1. The molecule has 168 valence electrons. The molecule has 34 heavy (non-hydrogen) atoms. The van der Waals surface area contributed by atoms with Crippen LogP contribution in [0.2, 0.25) is 0 Å². The lowest BCUT2D eigenvalue weighted by molar-refractivity contribution is -0.384. The normalized spacial score (nSPS) is 17.4. The lowest BCUT2D eigenvalue weighted by Crippen LogP contribution is -2.29. The topological polar surface area (TPSA) is 114 Å². The van der Waals surface area contributed by atoms with Crippen LogP contribution in [-0.2, 0) is 9.59 Å². The highest BCUT2D eigenvalue weighted by atomic mass is 32.1. The third-order valence-electron chi connectivity index (χ3n) is 5.65. The lowest BCUT2D eigenvalue weighted by atomic mass is 9.95. The van der Waals surface area contributed by atoms with Gasteiger partial charge >= 0.3 is 5.91 Å². The Morgan fingerprint density at radius 2 is 1.76 bits per heavy atom. The molecule has 0 radical (unpaired) electrons. The lowest BCUT2D eigenvalue weighted by Gasteiger charge is -2.22. The van der Waals surface area contributed by atoms with E-state index in [-0.39, 0.29) is 17.0 Å². The summed E-state index contributed by atoms with van der Waals surface area (Å²) in [7, 11) is 0. The Morgan fingerprint density at radius 3 is 2.44 bits per heavy atom. The van der Waals surface area contributed by atoms with Crippen LogP contribution in [0.25, 0.3) is 16.0 Å². The number of carbonyl (C=O) groups excluding carboxylic acids is 2. The number of hydrogen-bond donors (Lipinski definition) is 1. The second-order valence-electron chi connectivity index (χ2n) is 7.85. The zero-order chi connectivity index (χ0) is 24.0. The number of aliphatic hydroxyl groups excluding tert-OH is 1. The van der Waals surface area contributed by atoms with E-state index < -0.39 is 22.7 Å². The zero-order valence-electron chi connectivity index (χ0n) is 17.8. The van der Waals surface area contributed by atoms with Crippen LogP contribution in [0.5, 0.6) is 0 Å². The van der Waals surface area contributed by atoms with Gasteiger partial charge in [-0.15, -0.1) is 0 Å². The molecule has 4 aromatic rings. The molecule has 1 atom stereocenters. The van der Waals surface area contributed by atoms with Gasteiger partial charge in [0, 0.05) is 17.7 Å². The van der Waals surface area contributed by atoms with Gasteiger partial charge < -0.3 is 5.11 Å². The van der Waals surface area contributed by atoms with Crippen LogP contribution >= 0.6 is 11.3 Å². The first-order valence-electron chi connectivity index (χ1n) is 10.3. The number of hydrogen-bond acceptors (Lipinski definition) is 7. The molecular weight excluding hydrogens is 454 g/mol. The third-order valence-corrected chi connectivity index (χ3v) is 6.67. The van der Waals surface area contributed by atoms with Crippen molar-refractivity contribution in [2.75, 3.05) is 4.90 Å². The number of anilines is 1. The molecule has 1 fully saturated rings. The average Bonchev–Trinajstić information content (AvgIpc) is 3.37. The number of ketones is 1. The van der Waals surface area contributed by atoms with Gasteiger partial charge in [-0.1, -0.05) is 47.7 Å². The summed E-state index contributed by atoms with van der Waals surface area (Å²) >= 11 is 1.26. The predicted octanol–water partition coefficient (Wildman–Crippen LogP) is 5.14. The Balaban J connectivity index is 1.72. The molecule has 0 saturated carbocycles. The maximum atomic E-state index is 13.2. The number of aliphatic hydroxyl groups is 1. The number of nitro groups is 1. The highest BCUT2D eigenvalue weighted by Crippen LogP contribution is 2.44. The highest BCUT2D eigenvalue weighted by molar-refractivity contribution is 7.22. The van der Waals surface area contributed by atoms with Gasteiger partial charge in [0.15, 0.2) is 5.13 Å². The molecule has 0 spiro atoms. The fourth-order valence-electron chi connectivity index (χ4n) is 4.00. The molecule has 0 bridgehead atoms. The number of nitro benzene ring substituents is 1. The van der Waals surface area contributed by atoms with Gasteiger partial charge in [0.25, 0.3) is 11.5 Å². The number of nitrogens with zero attached hydrogens (tertiary/aromatic N) is 3. The molecule has 1 aliphatic heterocycles. The smallest absolute Gasteiger partial charge is 0.301 e. The van der Waals surface area contributed by atoms with Crippen molar-refractivity contribution in [2.45, 2.75) is 13.0 Å². The van der Waals surface area contributed by atoms with Gasteiger partial charge in [-0.2, -0.15) is 0 Å². The van der Waals surface area contributed by atoms with Crippen molar-refractivity contribution in [1.29, 1.82) is 0 Å². The fourth-order valence-corrected chi connectivity index (χ4v) is 5.09. The summed E-state index contributed by atoms with van der Waals surface area (Å²) in [6.45, 7) is 1.95. The molecule has 0 aliphatic carbocycles. The van der Waals surface area contributed by atoms with E-state index in [1.54, 1.807) is 30.3 Å². The number of carbonyl (C=O) groups is 2. The first kappa shape index (κ1) is 21.5. The largest absolute Gasteiger partial charge is 0.507 e. The maximum Gasteiger partial charge on any atom is 0.301 e. The van der Waals surface area contributed by atoms with Crippen molar-refractivity contribution >= 4 is 49.8 Å². The number of rotatable bonds is 4. The second-order valence-corrected chi connectivity index (χ2v) is 8.86. The first-order chi connectivity index (χ1) is 16.3. The summed E-state index contributed by atoms with van der Waals surface area (Å²) in [6, 6.07) is 18.7. The minimum atomic E-state index is -0.998. The van der Waals surface area contributed by atoms with Gasteiger partial charge in [-0.25, -0.2) is 4.98 Å². The van der Waals surface area contributed by atoms with Crippen LogP contribution < -0.4 is 4.90 Å². The Bertz CT molecular complexity index is 1490. The van der Waals surface area contributed by atoms with E-state index in [0.717, 1.165) is 10.3 Å². The van der Waals surface area contributed by atoms with Gasteiger partial charge in [0.1, 0.15) is 5.76 Å². The number of aromatic nitrogens is 1. The molecule has 2 heterocycles. The van der Waals surface area contributed by atoms with E-state index in [2.05, 4.69) is 4.98 Å². The third kappa shape index (κ3) is 3.52. The molecule has 8 nitrogen and oxygen atoms in total. The van der Waals surface area contributed by atoms with Crippen LogP contribution in [0.15, 0.2) is 78.4 Å². The van der Waals surface area contributed by atoms with E-state index in [0.29, 0.717) is 21.8 Å². The summed E-state index contributed by atoms with van der Waals surface area (Å²) in [5.74, 6) is -1.99. The maximum absolute atomic E-state index is 13.2. The first-order valence-corrected chi connectivity index (χ1v) is 11.1. The summed E-state index contributed by atoms with van der Waals surface area (Å²) < 4.78 is 0.849. The molecule has 3 aromatic carbocycles. The van der Waals surface area contributed by atoms with E-state index in [1.165, 1.54) is 40.5 Å². The fraction of sp³-hybridized carbons (Fsp3) is 0.0800. The molecular formula is C25H17N3O5S. The Labute approximate surface area is 197 Å². The summed E-state index contributed by atoms with van der Waals surface area (Å²) in [5, 5.41) is 22.5. The Hall–Kier alpha value is -4.37. The molecule has 0 unspecified atom stereocenters. The molecule has 5 rings (SSSR count).